The number of benzene rings is 1. The van der Waals surface area contributed by atoms with Crippen LogP contribution in [0, 0.1) is 11.8 Å². The second-order valence-corrected chi connectivity index (χ2v) is 12.6. The molecule has 1 aromatic rings. The van der Waals surface area contributed by atoms with Gasteiger partial charge in [-0.3, -0.25) is 0 Å². The molecular formula is C23H36O4Si. The third-order valence-corrected chi connectivity index (χ3v) is 11.0. The maximum absolute atomic E-state index is 12.4. The Kier molecular flexibility index (Phi) is 8.47. The molecule has 4 nitrogen and oxygen atoms in total. The van der Waals surface area contributed by atoms with E-state index in [-0.39, 0.29) is 30.0 Å². The fourth-order valence-corrected chi connectivity index (χ4v) is 7.14. The zero-order valence-electron chi connectivity index (χ0n) is 18.2. The van der Waals surface area contributed by atoms with E-state index in [2.05, 4.69) is 58.9 Å². The second kappa shape index (κ2) is 10.4. The summed E-state index contributed by atoms with van der Waals surface area (Å²) in [5, 5.41) is 0. The van der Waals surface area contributed by atoms with Crippen LogP contribution in [0.1, 0.15) is 40.2 Å². The molecule has 1 fully saturated rings. The molecule has 0 saturated carbocycles. The SMILES string of the molecule is CC[Si](CC)(CC)O[C@H]1[C@@H](C)[C@@H](C(=O)OC)O[C@@H](/C=C/c2ccccc2)[C@H]1C. The molecule has 1 aromatic carbocycles. The molecule has 0 spiro atoms. The normalized spacial score (nSPS) is 28.4. The molecule has 0 amide bonds. The molecule has 2 rings (SSSR count). The van der Waals surface area contributed by atoms with Gasteiger partial charge in [0.1, 0.15) is 0 Å². The lowest BCUT2D eigenvalue weighted by molar-refractivity contribution is -0.183. The van der Waals surface area contributed by atoms with Crippen LogP contribution in [0.5, 0.6) is 0 Å². The van der Waals surface area contributed by atoms with Gasteiger partial charge in [0.25, 0.3) is 0 Å². The molecule has 1 aliphatic rings. The number of carbonyl (C=O) groups is 1. The molecule has 0 bridgehead atoms. The van der Waals surface area contributed by atoms with Gasteiger partial charge in [-0.15, -0.1) is 0 Å². The predicted octanol–water partition coefficient (Wildman–Crippen LogP) is 5.30. The van der Waals surface area contributed by atoms with Crippen molar-refractivity contribution in [3.8, 4) is 0 Å². The molecule has 1 saturated heterocycles. The summed E-state index contributed by atoms with van der Waals surface area (Å²) in [6, 6.07) is 13.4. The molecular weight excluding hydrogens is 368 g/mol. The average Bonchev–Trinajstić information content (AvgIpc) is 2.74. The summed E-state index contributed by atoms with van der Waals surface area (Å²) in [4.78, 5) is 12.4. The van der Waals surface area contributed by atoms with Crippen LogP contribution in [0.3, 0.4) is 0 Å². The molecule has 0 aromatic heterocycles. The summed E-state index contributed by atoms with van der Waals surface area (Å²) in [6.07, 6.45) is 3.31. The number of methoxy groups -OCH3 is 1. The van der Waals surface area contributed by atoms with Gasteiger partial charge in [0.05, 0.1) is 19.3 Å². The minimum atomic E-state index is -1.81. The molecule has 5 atom stereocenters. The Morgan fingerprint density at radius 1 is 1.07 bits per heavy atom. The van der Waals surface area contributed by atoms with Crippen molar-refractivity contribution in [2.24, 2.45) is 11.8 Å². The molecule has 5 heteroatoms. The number of hydrogen-bond acceptors (Lipinski definition) is 4. The van der Waals surface area contributed by atoms with Crippen LogP contribution in [0.25, 0.3) is 6.08 Å². The van der Waals surface area contributed by atoms with Crippen molar-refractivity contribution >= 4 is 20.4 Å². The zero-order chi connectivity index (χ0) is 20.7. The first-order valence-electron chi connectivity index (χ1n) is 10.6. The highest BCUT2D eigenvalue weighted by Gasteiger charge is 2.47. The lowest BCUT2D eigenvalue weighted by atomic mass is 9.82. The van der Waals surface area contributed by atoms with E-state index in [1.54, 1.807) is 0 Å². The highest BCUT2D eigenvalue weighted by atomic mass is 28.4. The summed E-state index contributed by atoms with van der Waals surface area (Å²) < 4.78 is 18.1. The molecule has 156 valence electrons. The smallest absolute Gasteiger partial charge is 0.335 e. The fraction of sp³-hybridized carbons (Fsp3) is 0.609. The monoisotopic (exact) mass is 404 g/mol. The van der Waals surface area contributed by atoms with E-state index in [4.69, 9.17) is 13.9 Å². The Bertz CT molecular complexity index is 633. The van der Waals surface area contributed by atoms with Crippen LogP contribution >= 0.6 is 0 Å². The summed E-state index contributed by atoms with van der Waals surface area (Å²) in [5.74, 6) is -0.199. The topological polar surface area (TPSA) is 44.8 Å². The van der Waals surface area contributed by atoms with Crippen molar-refractivity contribution in [2.75, 3.05) is 7.11 Å². The van der Waals surface area contributed by atoms with Gasteiger partial charge in [0.2, 0.25) is 0 Å². The van der Waals surface area contributed by atoms with Gasteiger partial charge in [-0.25, -0.2) is 4.79 Å². The van der Waals surface area contributed by atoms with Crippen molar-refractivity contribution in [3.63, 3.8) is 0 Å². The van der Waals surface area contributed by atoms with Gasteiger partial charge in [0.15, 0.2) is 14.4 Å². The van der Waals surface area contributed by atoms with E-state index in [1.165, 1.54) is 7.11 Å². The van der Waals surface area contributed by atoms with Gasteiger partial charge in [-0.2, -0.15) is 0 Å². The van der Waals surface area contributed by atoms with Crippen molar-refractivity contribution in [1.82, 2.24) is 0 Å². The van der Waals surface area contributed by atoms with Crippen LogP contribution < -0.4 is 0 Å². The van der Waals surface area contributed by atoms with Crippen LogP contribution in [-0.4, -0.2) is 39.7 Å². The van der Waals surface area contributed by atoms with Crippen molar-refractivity contribution in [1.29, 1.82) is 0 Å². The highest BCUT2D eigenvalue weighted by Crippen LogP contribution is 2.37. The van der Waals surface area contributed by atoms with Crippen molar-refractivity contribution in [2.45, 2.75) is 71.1 Å². The van der Waals surface area contributed by atoms with E-state index in [0.717, 1.165) is 23.7 Å². The van der Waals surface area contributed by atoms with Crippen molar-refractivity contribution < 1.29 is 18.7 Å². The quantitative estimate of drug-likeness (QED) is 0.435. The van der Waals surface area contributed by atoms with Gasteiger partial charge < -0.3 is 13.9 Å². The molecule has 1 aliphatic heterocycles. The molecule has 0 radical (unpaired) electrons. The van der Waals surface area contributed by atoms with Crippen molar-refractivity contribution in [3.05, 3.63) is 42.0 Å². The van der Waals surface area contributed by atoms with E-state index in [0.29, 0.717) is 0 Å². The first-order valence-corrected chi connectivity index (χ1v) is 13.1. The van der Waals surface area contributed by atoms with Gasteiger partial charge >= 0.3 is 5.97 Å². The number of ether oxygens (including phenoxy) is 2. The maximum atomic E-state index is 12.4. The fourth-order valence-electron chi connectivity index (χ4n) is 4.14. The number of rotatable bonds is 8. The van der Waals surface area contributed by atoms with Crippen LogP contribution in [0.15, 0.2) is 36.4 Å². The summed E-state index contributed by atoms with van der Waals surface area (Å²) >= 11 is 0. The molecule has 1 heterocycles. The van der Waals surface area contributed by atoms with E-state index in [1.807, 2.05) is 18.2 Å². The average molecular weight is 405 g/mol. The molecule has 0 N–H and O–H groups in total. The Morgan fingerprint density at radius 3 is 2.21 bits per heavy atom. The Hall–Kier alpha value is -1.43. The van der Waals surface area contributed by atoms with Gasteiger partial charge in [-0.05, 0) is 23.7 Å². The largest absolute Gasteiger partial charge is 0.467 e. The standard InChI is InChI=1S/C23H36O4Si/c1-7-28(8-2,9-3)27-21-17(4)20(16-15-19-13-11-10-12-14-19)26-22(18(21)5)23(24)25-6/h10-18,20-22H,7-9H2,1-6H3/b16-15+/t17-,18-,20+,21-,22+/m1/s1. The molecule has 0 aliphatic carbocycles. The number of hydrogen-bond donors (Lipinski definition) is 0. The number of esters is 1. The summed E-state index contributed by atoms with van der Waals surface area (Å²) in [5.41, 5.74) is 1.11. The second-order valence-electron chi connectivity index (χ2n) is 7.86. The summed E-state index contributed by atoms with van der Waals surface area (Å²) in [7, 11) is -0.390. The minimum absolute atomic E-state index is 0.0187. The highest BCUT2D eigenvalue weighted by molar-refractivity contribution is 6.73. The van der Waals surface area contributed by atoms with E-state index < -0.39 is 14.4 Å². The van der Waals surface area contributed by atoms with Crippen LogP contribution in [0.2, 0.25) is 18.1 Å². The zero-order valence-corrected chi connectivity index (χ0v) is 19.2. The van der Waals surface area contributed by atoms with Gasteiger partial charge in [-0.1, -0.05) is 77.1 Å². The molecule has 28 heavy (non-hydrogen) atoms. The molecule has 0 unspecified atom stereocenters. The van der Waals surface area contributed by atoms with Crippen LogP contribution in [0.4, 0.5) is 0 Å². The minimum Gasteiger partial charge on any atom is -0.467 e. The van der Waals surface area contributed by atoms with Crippen LogP contribution in [-0.2, 0) is 18.7 Å². The Balaban J connectivity index is 2.31. The third kappa shape index (κ3) is 5.13. The Labute approximate surface area is 171 Å². The third-order valence-electron chi connectivity index (χ3n) is 6.37. The first kappa shape index (κ1) is 22.9. The first-order chi connectivity index (χ1) is 13.4. The predicted molar refractivity (Wildman–Crippen MR) is 117 cm³/mol. The van der Waals surface area contributed by atoms with E-state index in [9.17, 15) is 4.79 Å². The van der Waals surface area contributed by atoms with Gasteiger partial charge in [0, 0.05) is 11.8 Å². The maximum Gasteiger partial charge on any atom is 0.335 e. The van der Waals surface area contributed by atoms with E-state index >= 15 is 0 Å². The Morgan fingerprint density at radius 2 is 1.68 bits per heavy atom. The lowest BCUT2D eigenvalue weighted by Crippen LogP contribution is -2.56. The summed E-state index contributed by atoms with van der Waals surface area (Å²) in [6.45, 7) is 10.9. The lowest BCUT2D eigenvalue weighted by Gasteiger charge is -2.46. The number of carbonyl (C=O) groups excluding carboxylic acids is 1.